The summed E-state index contributed by atoms with van der Waals surface area (Å²) in [5.74, 6) is -0.350. The summed E-state index contributed by atoms with van der Waals surface area (Å²) < 4.78 is 32.9. The first kappa shape index (κ1) is 42.0. The van der Waals surface area contributed by atoms with Crippen molar-refractivity contribution in [2.24, 2.45) is 5.73 Å². The van der Waals surface area contributed by atoms with Crippen LogP contribution in [0.5, 0.6) is 0 Å². The van der Waals surface area contributed by atoms with Crippen LogP contribution in [0.1, 0.15) is 149 Å². The van der Waals surface area contributed by atoms with Crippen molar-refractivity contribution in [3.63, 3.8) is 0 Å². The lowest BCUT2D eigenvalue weighted by Gasteiger charge is -2.20. The number of carbonyl (C=O) groups is 1. The number of esters is 1. The van der Waals surface area contributed by atoms with E-state index in [9.17, 15) is 14.3 Å². The van der Waals surface area contributed by atoms with Crippen molar-refractivity contribution in [3.8, 4) is 0 Å². The van der Waals surface area contributed by atoms with Gasteiger partial charge in [-0.1, -0.05) is 122 Å². The Bertz CT molecular complexity index is 717. The number of carbonyl (C=O) groups excluding carboxylic acids is 1. The third kappa shape index (κ3) is 32.2. The van der Waals surface area contributed by atoms with Crippen molar-refractivity contribution < 1.29 is 32.8 Å². The van der Waals surface area contributed by atoms with Crippen molar-refractivity contribution in [2.45, 2.75) is 155 Å². The Balaban J connectivity index is 3.85. The fourth-order valence-corrected chi connectivity index (χ4v) is 5.32. The normalized spacial score (nSPS) is 14.0. The number of hydrogen-bond acceptors (Lipinski definition) is 7. The van der Waals surface area contributed by atoms with E-state index in [0.29, 0.717) is 13.0 Å². The molecule has 9 heteroatoms. The molecule has 0 amide bonds. The first-order valence-corrected chi connectivity index (χ1v) is 18.8. The topological polar surface area (TPSA) is 117 Å². The number of allylic oxidation sites excluding steroid dienone is 4. The number of unbranched alkanes of at least 4 members (excludes halogenated alkanes) is 16. The second kappa shape index (κ2) is 32.4. The lowest BCUT2D eigenvalue weighted by molar-refractivity contribution is -0.154. The predicted molar refractivity (Wildman–Crippen MR) is 178 cm³/mol. The van der Waals surface area contributed by atoms with Crippen molar-refractivity contribution in [1.82, 2.24) is 0 Å². The standard InChI is InChI=1S/C34H66NO7P/c1-3-5-7-9-10-11-12-13-14-15-16-17-18-19-20-21-22-23-24-26-29-39-31-33(32-41-43(37,38)40-30-28-35)42-34(36)27-25-8-6-4-2/h10-11,13-14,33H,3-9,12,15-32,35H2,1-2H3,(H,37,38)/b11-10-,14-13-. The minimum Gasteiger partial charge on any atom is -0.457 e. The van der Waals surface area contributed by atoms with Gasteiger partial charge in [-0.05, 0) is 44.9 Å². The van der Waals surface area contributed by atoms with E-state index in [1.807, 2.05) is 0 Å². The summed E-state index contributed by atoms with van der Waals surface area (Å²) >= 11 is 0. The molecule has 8 nitrogen and oxygen atoms in total. The van der Waals surface area contributed by atoms with Gasteiger partial charge in [0, 0.05) is 19.6 Å². The van der Waals surface area contributed by atoms with Gasteiger partial charge in [-0.2, -0.15) is 0 Å². The number of rotatable bonds is 33. The van der Waals surface area contributed by atoms with Crippen LogP contribution in [0.3, 0.4) is 0 Å². The molecule has 0 aromatic rings. The van der Waals surface area contributed by atoms with Gasteiger partial charge < -0.3 is 20.1 Å². The zero-order chi connectivity index (χ0) is 31.7. The molecule has 0 aliphatic rings. The minimum atomic E-state index is -4.25. The first-order chi connectivity index (χ1) is 20.9. The largest absolute Gasteiger partial charge is 0.472 e. The van der Waals surface area contributed by atoms with Crippen LogP contribution in [-0.2, 0) is 27.9 Å². The molecule has 0 aromatic carbocycles. The van der Waals surface area contributed by atoms with E-state index >= 15 is 0 Å². The fourth-order valence-electron chi connectivity index (χ4n) is 4.55. The van der Waals surface area contributed by atoms with Gasteiger partial charge in [-0.15, -0.1) is 0 Å². The molecule has 0 saturated carbocycles. The number of nitrogens with two attached hydrogens (primary N) is 1. The van der Waals surface area contributed by atoms with Crippen molar-refractivity contribution in [1.29, 1.82) is 0 Å². The molecule has 0 rings (SSSR count). The maximum absolute atomic E-state index is 12.2. The molecule has 2 unspecified atom stereocenters. The second-order valence-corrected chi connectivity index (χ2v) is 12.8. The predicted octanol–water partition coefficient (Wildman–Crippen LogP) is 9.35. The Morgan fingerprint density at radius 1 is 0.698 bits per heavy atom. The van der Waals surface area contributed by atoms with E-state index in [0.717, 1.165) is 44.9 Å². The van der Waals surface area contributed by atoms with E-state index in [1.165, 1.54) is 83.5 Å². The molecule has 0 aromatic heterocycles. The van der Waals surface area contributed by atoms with Crippen molar-refractivity contribution >= 4 is 13.8 Å². The van der Waals surface area contributed by atoms with Gasteiger partial charge in [0.2, 0.25) is 0 Å². The van der Waals surface area contributed by atoms with Crippen LogP contribution in [0, 0.1) is 0 Å². The number of ether oxygens (including phenoxy) is 2. The van der Waals surface area contributed by atoms with Crippen LogP contribution in [-0.4, -0.2) is 49.9 Å². The highest BCUT2D eigenvalue weighted by molar-refractivity contribution is 7.47. The van der Waals surface area contributed by atoms with Gasteiger partial charge in [0.05, 0.1) is 19.8 Å². The van der Waals surface area contributed by atoms with Crippen LogP contribution < -0.4 is 5.73 Å². The Labute approximate surface area is 264 Å². The zero-order valence-electron chi connectivity index (χ0n) is 27.7. The van der Waals surface area contributed by atoms with Gasteiger partial charge in [-0.3, -0.25) is 13.8 Å². The van der Waals surface area contributed by atoms with E-state index in [4.69, 9.17) is 24.3 Å². The molecule has 0 saturated heterocycles. The summed E-state index contributed by atoms with van der Waals surface area (Å²) in [7, 11) is -4.25. The average Bonchev–Trinajstić information content (AvgIpc) is 2.99. The maximum atomic E-state index is 12.2. The van der Waals surface area contributed by atoms with Crippen molar-refractivity contribution in [3.05, 3.63) is 24.3 Å². The van der Waals surface area contributed by atoms with E-state index in [1.54, 1.807) is 0 Å². The third-order valence-corrected chi connectivity index (χ3v) is 8.11. The summed E-state index contributed by atoms with van der Waals surface area (Å²) in [6.45, 7) is 4.76. The van der Waals surface area contributed by atoms with Gasteiger partial charge in [0.25, 0.3) is 0 Å². The van der Waals surface area contributed by atoms with Crippen molar-refractivity contribution in [2.75, 3.05) is 33.0 Å². The first-order valence-electron chi connectivity index (χ1n) is 17.3. The number of phosphoric acid groups is 1. The molecule has 0 fully saturated rings. The Morgan fingerprint density at radius 2 is 1.23 bits per heavy atom. The van der Waals surface area contributed by atoms with Gasteiger partial charge in [0.15, 0.2) is 0 Å². The summed E-state index contributed by atoms with van der Waals surface area (Å²) in [6.07, 6.45) is 32.5. The molecule has 2 atom stereocenters. The van der Waals surface area contributed by atoms with Crippen LogP contribution >= 0.6 is 7.82 Å². The zero-order valence-corrected chi connectivity index (χ0v) is 28.6. The van der Waals surface area contributed by atoms with Gasteiger partial charge in [0.1, 0.15) is 6.10 Å². The summed E-state index contributed by atoms with van der Waals surface area (Å²) in [4.78, 5) is 22.0. The Kier molecular flexibility index (Phi) is 31.6. The molecule has 43 heavy (non-hydrogen) atoms. The van der Waals surface area contributed by atoms with Crippen LogP contribution in [0.4, 0.5) is 0 Å². The Morgan fingerprint density at radius 3 is 1.84 bits per heavy atom. The highest BCUT2D eigenvalue weighted by Crippen LogP contribution is 2.43. The van der Waals surface area contributed by atoms with E-state index in [-0.39, 0.29) is 32.3 Å². The van der Waals surface area contributed by atoms with Crippen LogP contribution in [0.15, 0.2) is 24.3 Å². The monoisotopic (exact) mass is 631 g/mol. The quantitative estimate of drug-likeness (QED) is 0.0318. The minimum absolute atomic E-state index is 0.0955. The summed E-state index contributed by atoms with van der Waals surface area (Å²) in [6, 6.07) is 0. The molecule has 3 N–H and O–H groups in total. The van der Waals surface area contributed by atoms with Gasteiger partial charge in [-0.25, -0.2) is 4.57 Å². The molecule has 0 radical (unpaired) electrons. The summed E-state index contributed by atoms with van der Waals surface area (Å²) in [5.41, 5.74) is 5.31. The lowest BCUT2D eigenvalue weighted by Crippen LogP contribution is -2.28. The molecule has 0 aliphatic carbocycles. The third-order valence-electron chi connectivity index (χ3n) is 7.12. The van der Waals surface area contributed by atoms with Crippen LogP contribution in [0.2, 0.25) is 0 Å². The molecular weight excluding hydrogens is 565 g/mol. The molecule has 0 spiro atoms. The lowest BCUT2D eigenvalue weighted by atomic mass is 10.1. The van der Waals surface area contributed by atoms with E-state index < -0.39 is 13.9 Å². The number of hydrogen-bond donors (Lipinski definition) is 2. The SMILES string of the molecule is CCCCC/C=C\C/C=C\CCCCCCCCCCCCOCC(COP(=O)(O)OCCN)OC(=O)CCCCCC. The fraction of sp³-hybridized carbons (Fsp3) is 0.853. The second-order valence-electron chi connectivity index (χ2n) is 11.4. The maximum Gasteiger partial charge on any atom is 0.472 e. The number of phosphoric ester groups is 1. The van der Waals surface area contributed by atoms with E-state index in [2.05, 4.69) is 38.2 Å². The molecule has 254 valence electrons. The molecule has 0 aliphatic heterocycles. The summed E-state index contributed by atoms with van der Waals surface area (Å²) in [5, 5.41) is 0. The average molecular weight is 632 g/mol. The Hall–Kier alpha value is -1.02. The molecule has 0 bridgehead atoms. The highest BCUT2D eigenvalue weighted by atomic mass is 31.2. The highest BCUT2D eigenvalue weighted by Gasteiger charge is 2.25. The van der Waals surface area contributed by atoms with Gasteiger partial charge >= 0.3 is 13.8 Å². The molecular formula is C34H66NO7P. The molecule has 0 heterocycles. The smallest absolute Gasteiger partial charge is 0.457 e. The van der Waals surface area contributed by atoms with Crippen LogP contribution in [0.25, 0.3) is 0 Å².